The summed E-state index contributed by atoms with van der Waals surface area (Å²) in [5, 5.41) is 4.16. The highest BCUT2D eigenvalue weighted by atomic mass is 32.2. The Bertz CT molecular complexity index is 660. The Balaban J connectivity index is 1.77. The zero-order chi connectivity index (χ0) is 14.2. The number of rotatable bonds is 3. The van der Waals surface area contributed by atoms with E-state index in [-0.39, 0.29) is 4.90 Å². The van der Waals surface area contributed by atoms with E-state index >= 15 is 0 Å². The molecular weight excluding hydrogens is 272 g/mol. The molecule has 2 atom stereocenters. The van der Waals surface area contributed by atoms with Crippen LogP contribution in [-0.4, -0.2) is 14.1 Å². The van der Waals surface area contributed by atoms with E-state index in [0.717, 1.165) is 24.1 Å². The molecule has 3 aliphatic carbocycles. The lowest BCUT2D eigenvalue weighted by atomic mass is 9.75. The molecule has 1 saturated carbocycles. The normalized spacial score (nSPS) is 26.9. The number of benzene rings is 1. The van der Waals surface area contributed by atoms with E-state index in [1.54, 1.807) is 24.3 Å². The maximum Gasteiger partial charge on any atom is 0.276 e. The van der Waals surface area contributed by atoms with Gasteiger partial charge < -0.3 is 0 Å². The lowest BCUT2D eigenvalue weighted by Gasteiger charge is -2.31. The Morgan fingerprint density at radius 3 is 2.45 bits per heavy atom. The minimum absolute atomic E-state index is 0.254. The molecule has 4 rings (SSSR count). The molecule has 0 radical (unpaired) electrons. The lowest BCUT2D eigenvalue weighted by Crippen LogP contribution is -2.30. The molecule has 1 N–H and O–H groups in total. The maximum atomic E-state index is 12.2. The van der Waals surface area contributed by atoms with Crippen LogP contribution >= 0.6 is 0 Å². The minimum Gasteiger partial charge on any atom is -0.200 e. The third-order valence-corrected chi connectivity index (χ3v) is 5.23. The zero-order valence-electron chi connectivity index (χ0n) is 11.4. The summed E-state index contributed by atoms with van der Waals surface area (Å²) in [6.07, 6.45) is 7.51. The second-order valence-electron chi connectivity index (χ2n) is 5.54. The van der Waals surface area contributed by atoms with Gasteiger partial charge in [0, 0.05) is 11.6 Å². The fourth-order valence-electron chi connectivity index (χ4n) is 2.76. The van der Waals surface area contributed by atoms with Crippen LogP contribution < -0.4 is 4.83 Å². The van der Waals surface area contributed by atoms with Crippen LogP contribution in [0.15, 0.2) is 46.4 Å². The average molecular weight is 290 g/mol. The van der Waals surface area contributed by atoms with E-state index in [9.17, 15) is 8.42 Å². The van der Waals surface area contributed by atoms with Crippen LogP contribution in [0.25, 0.3) is 0 Å². The molecule has 0 heterocycles. The lowest BCUT2D eigenvalue weighted by molar-refractivity contribution is 0.470. The van der Waals surface area contributed by atoms with Crippen molar-refractivity contribution >= 4 is 15.7 Å². The van der Waals surface area contributed by atoms with Gasteiger partial charge in [0.25, 0.3) is 10.0 Å². The van der Waals surface area contributed by atoms with E-state index < -0.39 is 10.0 Å². The molecule has 0 aliphatic heterocycles. The van der Waals surface area contributed by atoms with E-state index in [1.165, 1.54) is 6.42 Å². The molecule has 20 heavy (non-hydrogen) atoms. The third kappa shape index (κ3) is 2.63. The Kier molecular flexibility index (Phi) is 3.38. The smallest absolute Gasteiger partial charge is 0.200 e. The van der Waals surface area contributed by atoms with Gasteiger partial charge in [0.1, 0.15) is 0 Å². The first kappa shape index (κ1) is 13.4. The van der Waals surface area contributed by atoms with Crippen molar-refractivity contribution in [2.75, 3.05) is 0 Å². The van der Waals surface area contributed by atoms with E-state index in [0.29, 0.717) is 11.8 Å². The molecule has 5 heteroatoms. The molecule has 1 aromatic carbocycles. The number of nitrogens with zero attached hydrogens (tertiary/aromatic N) is 1. The standard InChI is InChI=1S/C15H18N2O2S/c1-11-2-8-14(9-3-11)20(18,19)17-16-15-10-12-4-6-13(15)7-5-12/h2-4,6,8-9,12-13,17H,5,7,10H2,1H3/b16-15+/t12-,13+/m1/s1. The Morgan fingerprint density at radius 2 is 1.90 bits per heavy atom. The number of fused-ring (bicyclic) bond motifs is 2. The summed E-state index contributed by atoms with van der Waals surface area (Å²) in [5.41, 5.74) is 1.99. The molecule has 0 aromatic heterocycles. The highest BCUT2D eigenvalue weighted by Gasteiger charge is 2.28. The zero-order valence-corrected chi connectivity index (χ0v) is 12.2. The summed E-state index contributed by atoms with van der Waals surface area (Å²) in [4.78, 5) is 2.63. The molecule has 1 aromatic rings. The molecular formula is C15H18N2O2S. The fraction of sp³-hybridized carbons (Fsp3) is 0.400. The highest BCUT2D eigenvalue weighted by Crippen LogP contribution is 2.34. The van der Waals surface area contributed by atoms with Crippen LogP contribution in [0.4, 0.5) is 0 Å². The summed E-state index contributed by atoms with van der Waals surface area (Å²) in [6.45, 7) is 1.93. The van der Waals surface area contributed by atoms with Crippen LogP contribution in [0, 0.1) is 18.8 Å². The number of hydrazone groups is 1. The first-order chi connectivity index (χ1) is 9.54. The minimum atomic E-state index is -3.55. The van der Waals surface area contributed by atoms with Gasteiger partial charge in [-0.25, -0.2) is 4.83 Å². The summed E-state index contributed by atoms with van der Waals surface area (Å²) in [6, 6.07) is 6.77. The SMILES string of the molecule is Cc1ccc(S(=O)(=O)N/N=C2\C[C@@H]3C=C[C@H]2CC3)cc1. The molecule has 2 bridgehead atoms. The molecule has 106 valence electrons. The summed E-state index contributed by atoms with van der Waals surface area (Å²) >= 11 is 0. The molecule has 0 unspecified atom stereocenters. The van der Waals surface area contributed by atoms with Crippen LogP contribution in [0.1, 0.15) is 24.8 Å². The van der Waals surface area contributed by atoms with Crippen LogP contribution in [0.2, 0.25) is 0 Å². The number of hydrogen-bond acceptors (Lipinski definition) is 3. The van der Waals surface area contributed by atoms with E-state index in [1.807, 2.05) is 6.92 Å². The summed E-state index contributed by atoms with van der Waals surface area (Å²) < 4.78 is 24.3. The van der Waals surface area contributed by atoms with Gasteiger partial charge in [0.05, 0.1) is 4.90 Å². The number of nitrogens with one attached hydrogen (secondary N) is 1. The predicted octanol–water partition coefficient (Wildman–Crippen LogP) is 2.62. The fourth-order valence-corrected chi connectivity index (χ4v) is 3.60. The van der Waals surface area contributed by atoms with Crippen LogP contribution in [0.3, 0.4) is 0 Å². The van der Waals surface area contributed by atoms with Crippen molar-refractivity contribution in [1.82, 2.24) is 4.83 Å². The van der Waals surface area contributed by atoms with Crippen molar-refractivity contribution in [1.29, 1.82) is 0 Å². The Hall–Kier alpha value is -1.62. The van der Waals surface area contributed by atoms with Gasteiger partial charge >= 0.3 is 0 Å². The van der Waals surface area contributed by atoms with Crippen molar-refractivity contribution in [3.05, 3.63) is 42.0 Å². The van der Waals surface area contributed by atoms with Gasteiger partial charge in [-0.15, -0.1) is 0 Å². The number of sulfonamides is 1. The van der Waals surface area contributed by atoms with Crippen molar-refractivity contribution in [3.8, 4) is 0 Å². The van der Waals surface area contributed by atoms with Crippen LogP contribution in [-0.2, 0) is 10.0 Å². The van der Waals surface area contributed by atoms with Gasteiger partial charge in [-0.05, 0) is 44.2 Å². The third-order valence-electron chi connectivity index (χ3n) is 4.00. The summed E-state index contributed by atoms with van der Waals surface area (Å²) in [5.74, 6) is 0.836. The molecule has 4 nitrogen and oxygen atoms in total. The average Bonchev–Trinajstić information content (AvgIpc) is 2.47. The van der Waals surface area contributed by atoms with Gasteiger partial charge in [-0.1, -0.05) is 29.8 Å². The first-order valence-corrected chi connectivity index (χ1v) is 8.36. The Labute approximate surface area is 119 Å². The van der Waals surface area contributed by atoms with Crippen molar-refractivity contribution in [3.63, 3.8) is 0 Å². The predicted molar refractivity (Wildman–Crippen MR) is 78.9 cm³/mol. The second-order valence-corrected chi connectivity index (χ2v) is 7.20. The monoisotopic (exact) mass is 290 g/mol. The second kappa shape index (κ2) is 5.05. The number of aryl methyl sites for hydroxylation is 1. The van der Waals surface area contributed by atoms with E-state index in [2.05, 4.69) is 22.1 Å². The molecule has 0 spiro atoms. The van der Waals surface area contributed by atoms with Gasteiger partial charge in [0.15, 0.2) is 0 Å². The Morgan fingerprint density at radius 1 is 1.15 bits per heavy atom. The molecule has 0 amide bonds. The van der Waals surface area contributed by atoms with Crippen molar-refractivity contribution in [2.24, 2.45) is 16.9 Å². The van der Waals surface area contributed by atoms with Crippen LogP contribution in [0.5, 0.6) is 0 Å². The first-order valence-electron chi connectivity index (χ1n) is 6.88. The molecule has 0 saturated heterocycles. The van der Waals surface area contributed by atoms with Gasteiger partial charge in [-0.3, -0.25) is 0 Å². The van der Waals surface area contributed by atoms with E-state index in [4.69, 9.17) is 0 Å². The number of allylic oxidation sites excluding steroid dienone is 2. The van der Waals surface area contributed by atoms with Gasteiger partial charge in [-0.2, -0.15) is 13.5 Å². The number of hydrogen-bond donors (Lipinski definition) is 1. The topological polar surface area (TPSA) is 58.5 Å². The molecule has 1 fully saturated rings. The van der Waals surface area contributed by atoms with Crippen molar-refractivity contribution < 1.29 is 8.42 Å². The van der Waals surface area contributed by atoms with Crippen molar-refractivity contribution in [2.45, 2.75) is 31.1 Å². The molecule has 3 aliphatic rings. The maximum absolute atomic E-state index is 12.2. The largest absolute Gasteiger partial charge is 0.276 e. The van der Waals surface area contributed by atoms with Gasteiger partial charge in [0.2, 0.25) is 0 Å². The quantitative estimate of drug-likeness (QED) is 0.687. The summed E-state index contributed by atoms with van der Waals surface area (Å²) in [7, 11) is -3.55. The highest BCUT2D eigenvalue weighted by molar-refractivity contribution is 7.89.